The number of hydrogen-bond donors (Lipinski definition) is 0. The standard InChI is InChI=1S/C16H16N2O2S/c1-3-18-13-7-5-6-8-14(13)21-15(18)10-9-12(11-17)16(19)20-4-2/h5-10H,3-4H2,1-2H3/b12-9+,15-10-. The molecule has 2 rings (SSSR count). The van der Waals surface area contributed by atoms with Crippen LogP contribution in [0.15, 0.2) is 51.9 Å². The predicted molar refractivity (Wildman–Crippen MR) is 83.7 cm³/mol. The van der Waals surface area contributed by atoms with Crippen molar-refractivity contribution in [3.63, 3.8) is 0 Å². The number of rotatable bonds is 4. The molecular formula is C16H16N2O2S. The Hall–Kier alpha value is -2.19. The molecule has 0 amide bonds. The van der Waals surface area contributed by atoms with Crippen LogP contribution < -0.4 is 4.90 Å². The number of esters is 1. The van der Waals surface area contributed by atoms with Crippen LogP contribution in [-0.2, 0) is 9.53 Å². The molecule has 1 aliphatic rings. The van der Waals surface area contributed by atoms with Crippen LogP contribution in [0.2, 0.25) is 0 Å². The normalized spacial score (nSPS) is 15.8. The molecule has 21 heavy (non-hydrogen) atoms. The van der Waals surface area contributed by atoms with Gasteiger partial charge in [-0.25, -0.2) is 4.79 Å². The molecule has 0 atom stereocenters. The van der Waals surface area contributed by atoms with E-state index in [4.69, 9.17) is 10.00 Å². The monoisotopic (exact) mass is 300 g/mol. The molecule has 108 valence electrons. The third kappa shape index (κ3) is 3.29. The third-order valence-electron chi connectivity index (χ3n) is 2.96. The largest absolute Gasteiger partial charge is 0.462 e. The van der Waals surface area contributed by atoms with E-state index in [1.807, 2.05) is 18.2 Å². The van der Waals surface area contributed by atoms with Gasteiger partial charge in [0.05, 0.1) is 17.3 Å². The van der Waals surface area contributed by atoms with Crippen LogP contribution in [-0.4, -0.2) is 19.1 Å². The highest BCUT2D eigenvalue weighted by Gasteiger charge is 2.22. The lowest BCUT2D eigenvalue weighted by atomic mass is 10.2. The highest BCUT2D eigenvalue weighted by Crippen LogP contribution is 2.45. The number of carbonyl (C=O) groups excluding carboxylic acids is 1. The van der Waals surface area contributed by atoms with Crippen LogP contribution in [0.4, 0.5) is 5.69 Å². The fraction of sp³-hybridized carbons (Fsp3) is 0.250. The number of benzene rings is 1. The topological polar surface area (TPSA) is 53.3 Å². The fourth-order valence-corrected chi connectivity index (χ4v) is 3.15. The van der Waals surface area contributed by atoms with Gasteiger partial charge in [0.1, 0.15) is 11.6 Å². The number of nitrogens with zero attached hydrogens (tertiary/aromatic N) is 2. The van der Waals surface area contributed by atoms with Gasteiger partial charge in [-0.1, -0.05) is 23.9 Å². The van der Waals surface area contributed by atoms with Gasteiger partial charge >= 0.3 is 5.97 Å². The maximum absolute atomic E-state index is 11.6. The van der Waals surface area contributed by atoms with Crippen molar-refractivity contribution in [2.45, 2.75) is 18.7 Å². The second-order valence-corrected chi connectivity index (χ2v) is 5.29. The van der Waals surface area contributed by atoms with E-state index in [1.54, 1.807) is 24.8 Å². The average Bonchev–Trinajstić information content (AvgIpc) is 2.85. The maximum Gasteiger partial charge on any atom is 0.348 e. The van der Waals surface area contributed by atoms with E-state index < -0.39 is 5.97 Å². The van der Waals surface area contributed by atoms with Gasteiger partial charge in [-0.05, 0) is 38.1 Å². The molecule has 0 bridgehead atoms. The average molecular weight is 300 g/mol. The number of carbonyl (C=O) groups is 1. The summed E-state index contributed by atoms with van der Waals surface area (Å²) in [6.07, 6.45) is 3.32. The van der Waals surface area contributed by atoms with Crippen molar-refractivity contribution >= 4 is 23.4 Å². The number of ether oxygens (including phenoxy) is 1. The minimum absolute atomic E-state index is 0.0111. The number of hydrogen-bond acceptors (Lipinski definition) is 5. The Kier molecular flexibility index (Phi) is 5.07. The van der Waals surface area contributed by atoms with Gasteiger partial charge in [0, 0.05) is 11.4 Å². The predicted octanol–water partition coefficient (Wildman–Crippen LogP) is 3.47. The molecule has 1 aromatic carbocycles. The van der Waals surface area contributed by atoms with E-state index in [1.165, 1.54) is 11.0 Å². The Morgan fingerprint density at radius 2 is 2.19 bits per heavy atom. The van der Waals surface area contributed by atoms with Gasteiger partial charge in [-0.3, -0.25) is 0 Å². The molecule has 5 heteroatoms. The van der Waals surface area contributed by atoms with Crippen molar-refractivity contribution in [2.24, 2.45) is 0 Å². The van der Waals surface area contributed by atoms with E-state index in [9.17, 15) is 4.79 Å². The Labute approximate surface area is 128 Å². The van der Waals surface area contributed by atoms with Crippen molar-refractivity contribution < 1.29 is 9.53 Å². The zero-order valence-corrected chi connectivity index (χ0v) is 12.8. The number of fused-ring (bicyclic) bond motifs is 1. The lowest BCUT2D eigenvalue weighted by Gasteiger charge is -2.17. The summed E-state index contributed by atoms with van der Waals surface area (Å²) in [7, 11) is 0. The molecule has 4 nitrogen and oxygen atoms in total. The van der Waals surface area contributed by atoms with Gasteiger partial charge in [0.25, 0.3) is 0 Å². The first-order valence-corrected chi connectivity index (χ1v) is 7.56. The third-order valence-corrected chi connectivity index (χ3v) is 4.09. The molecule has 0 saturated carbocycles. The minimum Gasteiger partial charge on any atom is -0.462 e. The van der Waals surface area contributed by atoms with Crippen LogP contribution in [0.5, 0.6) is 0 Å². The number of anilines is 1. The van der Waals surface area contributed by atoms with Crippen LogP contribution >= 0.6 is 11.8 Å². The molecule has 0 radical (unpaired) electrons. The minimum atomic E-state index is -0.583. The van der Waals surface area contributed by atoms with E-state index in [-0.39, 0.29) is 12.2 Å². The van der Waals surface area contributed by atoms with Gasteiger partial charge in [0.2, 0.25) is 0 Å². The molecule has 1 aliphatic heterocycles. The zero-order chi connectivity index (χ0) is 15.2. The van der Waals surface area contributed by atoms with Crippen molar-refractivity contribution in [1.29, 1.82) is 5.26 Å². The van der Waals surface area contributed by atoms with E-state index in [0.717, 1.165) is 17.3 Å². The quantitative estimate of drug-likeness (QED) is 0.484. The Morgan fingerprint density at radius 1 is 1.43 bits per heavy atom. The fourth-order valence-electron chi connectivity index (χ4n) is 2.02. The van der Waals surface area contributed by atoms with E-state index in [0.29, 0.717) is 0 Å². The van der Waals surface area contributed by atoms with Crippen LogP contribution in [0, 0.1) is 11.3 Å². The first-order chi connectivity index (χ1) is 10.2. The molecule has 0 fully saturated rings. The molecule has 0 unspecified atom stereocenters. The summed E-state index contributed by atoms with van der Waals surface area (Å²) < 4.78 is 4.85. The molecule has 0 aromatic heterocycles. The van der Waals surface area contributed by atoms with Crippen LogP contribution in [0.1, 0.15) is 13.8 Å². The summed E-state index contributed by atoms with van der Waals surface area (Å²) in [5.41, 5.74) is 1.16. The summed E-state index contributed by atoms with van der Waals surface area (Å²) in [5.74, 6) is -0.583. The van der Waals surface area contributed by atoms with Crippen LogP contribution in [0.3, 0.4) is 0 Å². The maximum atomic E-state index is 11.6. The lowest BCUT2D eigenvalue weighted by Crippen LogP contribution is -2.16. The van der Waals surface area contributed by atoms with Gasteiger partial charge in [-0.2, -0.15) is 5.26 Å². The van der Waals surface area contributed by atoms with Crippen molar-refractivity contribution in [2.75, 3.05) is 18.1 Å². The summed E-state index contributed by atoms with van der Waals surface area (Å²) >= 11 is 1.63. The van der Waals surface area contributed by atoms with Gasteiger partial charge in [0.15, 0.2) is 0 Å². The number of para-hydroxylation sites is 1. The molecule has 0 spiro atoms. The van der Waals surface area contributed by atoms with E-state index in [2.05, 4.69) is 24.0 Å². The molecule has 0 N–H and O–H groups in total. The smallest absolute Gasteiger partial charge is 0.348 e. The second kappa shape index (κ2) is 7.00. The number of thioether (sulfide) groups is 1. The number of allylic oxidation sites excluding steroid dienone is 2. The van der Waals surface area contributed by atoms with Gasteiger partial charge in [-0.15, -0.1) is 0 Å². The second-order valence-electron chi connectivity index (χ2n) is 4.23. The molecule has 1 aromatic rings. The summed E-state index contributed by atoms with van der Waals surface area (Å²) in [6.45, 7) is 4.87. The molecular weight excluding hydrogens is 284 g/mol. The Bertz CT molecular complexity index is 644. The van der Waals surface area contributed by atoms with Gasteiger partial charge < -0.3 is 9.64 Å². The SMILES string of the molecule is CCOC(=O)/C(C#N)=C/C=C1\Sc2ccccc2N1CC. The zero-order valence-electron chi connectivity index (χ0n) is 12.0. The van der Waals surface area contributed by atoms with Crippen molar-refractivity contribution in [3.8, 4) is 6.07 Å². The lowest BCUT2D eigenvalue weighted by molar-refractivity contribution is -0.138. The molecule has 1 heterocycles. The van der Waals surface area contributed by atoms with E-state index >= 15 is 0 Å². The highest BCUT2D eigenvalue weighted by atomic mass is 32.2. The Balaban J connectivity index is 2.26. The first-order valence-electron chi connectivity index (χ1n) is 6.74. The van der Waals surface area contributed by atoms with Crippen molar-refractivity contribution in [1.82, 2.24) is 0 Å². The summed E-state index contributed by atoms with van der Waals surface area (Å²) in [6, 6.07) is 10.00. The van der Waals surface area contributed by atoms with Crippen LogP contribution in [0.25, 0.3) is 0 Å². The number of nitriles is 1. The molecule has 0 aliphatic carbocycles. The van der Waals surface area contributed by atoms with Crippen molar-refractivity contribution in [3.05, 3.63) is 47.0 Å². The summed E-state index contributed by atoms with van der Waals surface area (Å²) in [5, 5.41) is 10.0. The first kappa shape index (κ1) is 15.2. The highest BCUT2D eigenvalue weighted by molar-refractivity contribution is 8.03. The summed E-state index contributed by atoms with van der Waals surface area (Å²) in [4.78, 5) is 14.9. The Morgan fingerprint density at radius 3 is 2.86 bits per heavy atom. The molecule has 0 saturated heterocycles.